The fourth-order valence-corrected chi connectivity index (χ4v) is 7.57. The summed E-state index contributed by atoms with van der Waals surface area (Å²) in [5.74, 6) is 0. The largest absolute Gasteiger partial charge is 1.00 e. The third-order valence-electron chi connectivity index (χ3n) is 4.77. The molecule has 0 N–H and O–H groups in total. The summed E-state index contributed by atoms with van der Waals surface area (Å²) in [5.41, 5.74) is 0.175. The Morgan fingerprint density at radius 3 is 1.73 bits per heavy atom. The number of benzene rings is 2. The zero-order chi connectivity index (χ0) is 20.0. The van der Waals surface area contributed by atoms with Gasteiger partial charge in [-0.2, -0.15) is 6.08 Å². The molecule has 0 radical (unpaired) electrons. The van der Waals surface area contributed by atoms with Crippen LogP contribution in [0.25, 0.3) is 21.5 Å². The van der Waals surface area contributed by atoms with Crippen LogP contribution in [0.5, 0.6) is 0 Å². The summed E-state index contributed by atoms with van der Waals surface area (Å²) in [6.07, 6.45) is 15.8. The molecule has 4 heteroatoms. The summed E-state index contributed by atoms with van der Waals surface area (Å²) in [6.45, 7) is 4.59. The zero-order valence-electron chi connectivity index (χ0n) is 18.1. The Morgan fingerprint density at radius 1 is 0.867 bits per heavy atom. The molecule has 0 fully saturated rings. The molecule has 4 rings (SSSR count). The average molecular weight is 535 g/mol. The predicted octanol–water partition coefficient (Wildman–Crippen LogP) is 2.15. The third-order valence-corrected chi connectivity index (χ3v) is 10.4. The molecule has 0 saturated carbocycles. The first-order valence-corrected chi connectivity index (χ1v) is 16.2. The van der Waals surface area contributed by atoms with Gasteiger partial charge < -0.3 is 24.8 Å². The van der Waals surface area contributed by atoms with Gasteiger partial charge in [0.1, 0.15) is 0 Å². The van der Waals surface area contributed by atoms with E-state index < -0.39 is 0 Å². The molecule has 0 unspecified atom stereocenters. The molecule has 0 aliphatic heterocycles. The number of unbranched alkanes of at least 4 members (excludes halogenated alkanes) is 2. The Morgan fingerprint density at radius 2 is 1.37 bits per heavy atom. The van der Waals surface area contributed by atoms with Crippen molar-refractivity contribution in [2.75, 3.05) is 0 Å². The summed E-state index contributed by atoms with van der Waals surface area (Å²) < 4.78 is 0. The Kier molecular flexibility index (Phi) is 17.8. The molecule has 30 heavy (non-hydrogen) atoms. The van der Waals surface area contributed by atoms with E-state index in [4.69, 9.17) is 0 Å². The maximum atomic E-state index is 2.99. The number of halogens is 2. The quantitative estimate of drug-likeness (QED) is 0.336. The molecular formula is C26H32Cl2SiZr-2. The molecule has 3 aromatic rings. The molecular weight excluding hydrogens is 503 g/mol. The Labute approximate surface area is 210 Å². The van der Waals surface area contributed by atoms with Crippen LogP contribution in [-0.4, -0.2) is 5.43 Å². The number of hydrogen-bond acceptors (Lipinski definition) is 0. The fourth-order valence-electron chi connectivity index (χ4n) is 3.15. The molecule has 160 valence electrons. The van der Waals surface area contributed by atoms with Crippen LogP contribution in [0.2, 0.25) is 12.1 Å². The summed E-state index contributed by atoms with van der Waals surface area (Å²) in [4.78, 5) is 0. The van der Waals surface area contributed by atoms with Gasteiger partial charge in [0.2, 0.25) is 0 Å². The fraction of sp³-hybridized carbons (Fsp3) is 0.346. The van der Waals surface area contributed by atoms with Crippen LogP contribution in [0.1, 0.15) is 46.0 Å². The number of hydrogen-bond donors (Lipinski definition) is 0. The average Bonchev–Trinajstić information content (AvgIpc) is 3.42. The molecule has 1 aliphatic rings. The summed E-state index contributed by atoms with van der Waals surface area (Å²) in [6, 6.07) is 22.4. The first-order chi connectivity index (χ1) is 13.8. The van der Waals surface area contributed by atoms with Crippen LogP contribution in [0.3, 0.4) is 0 Å². The predicted molar refractivity (Wildman–Crippen MR) is 124 cm³/mol. The van der Waals surface area contributed by atoms with Gasteiger partial charge in [-0.25, -0.2) is 12.2 Å². The van der Waals surface area contributed by atoms with Crippen LogP contribution in [0.15, 0.2) is 72.8 Å². The van der Waals surface area contributed by atoms with Crippen LogP contribution < -0.4 is 24.8 Å². The van der Waals surface area contributed by atoms with E-state index in [1.807, 2.05) is 35.5 Å². The van der Waals surface area contributed by atoms with Gasteiger partial charge >= 0.3 is 80.4 Å². The van der Waals surface area contributed by atoms with E-state index in [9.17, 15) is 0 Å². The van der Waals surface area contributed by atoms with Gasteiger partial charge in [0.25, 0.3) is 0 Å². The van der Waals surface area contributed by atoms with E-state index in [-0.39, 0.29) is 30.2 Å². The minimum absolute atomic E-state index is 0. The number of fused-ring (bicyclic) bond motifs is 3. The monoisotopic (exact) mass is 532 g/mol. The summed E-state index contributed by atoms with van der Waals surface area (Å²) in [7, 11) is 0. The van der Waals surface area contributed by atoms with E-state index in [1.165, 1.54) is 47.2 Å². The van der Waals surface area contributed by atoms with Crippen LogP contribution in [-0.2, 0) is 23.3 Å². The van der Waals surface area contributed by atoms with Crippen molar-refractivity contribution in [2.45, 2.75) is 58.0 Å². The van der Waals surface area contributed by atoms with Crippen molar-refractivity contribution >= 4 is 27.0 Å². The Balaban J connectivity index is 0.000000444. The maximum Gasteiger partial charge on any atom is -0.0771 e. The first-order valence-electron chi connectivity index (χ1n) is 10.6. The van der Waals surface area contributed by atoms with Crippen molar-refractivity contribution in [1.82, 2.24) is 0 Å². The van der Waals surface area contributed by atoms with Crippen LogP contribution in [0.4, 0.5) is 0 Å². The van der Waals surface area contributed by atoms with E-state index in [1.54, 1.807) is 12.1 Å². The normalized spacial score (nSPS) is 11.1. The van der Waals surface area contributed by atoms with E-state index in [0.29, 0.717) is 0 Å². The van der Waals surface area contributed by atoms with Crippen molar-refractivity contribution < 1.29 is 48.1 Å². The topological polar surface area (TPSA) is 0 Å². The molecule has 0 atom stereocenters. The first kappa shape index (κ1) is 29.5. The SMILES string of the molecule is CCCC[Si](=[Zr+2])CCCC.[C-]1=CC=CC1.[Cl-].[Cl-].c1ccc2c(c1)[cH-]c1ccccc12. The second kappa shape index (κ2) is 18.1. The summed E-state index contributed by atoms with van der Waals surface area (Å²) in [5, 5.41) is 5.39. The van der Waals surface area contributed by atoms with E-state index in [2.05, 4.69) is 80.6 Å². The molecule has 0 nitrogen and oxygen atoms in total. The van der Waals surface area contributed by atoms with Crippen LogP contribution in [0, 0.1) is 6.08 Å². The minimum Gasteiger partial charge on any atom is -1.00 e. The van der Waals surface area contributed by atoms with Crippen molar-refractivity contribution in [2.24, 2.45) is 0 Å². The second-order valence-electron chi connectivity index (χ2n) is 7.13. The molecule has 3 aromatic carbocycles. The van der Waals surface area contributed by atoms with Gasteiger partial charge in [0.15, 0.2) is 0 Å². The number of allylic oxidation sites excluding steroid dienone is 4. The number of rotatable bonds is 6. The van der Waals surface area contributed by atoms with Crippen molar-refractivity contribution in [3.8, 4) is 0 Å². The summed E-state index contributed by atoms with van der Waals surface area (Å²) >= 11 is 1.86. The van der Waals surface area contributed by atoms with Gasteiger partial charge in [-0.05, 0) is 0 Å². The zero-order valence-corrected chi connectivity index (χ0v) is 23.1. The van der Waals surface area contributed by atoms with Crippen LogP contribution >= 0.6 is 0 Å². The third kappa shape index (κ3) is 10.7. The van der Waals surface area contributed by atoms with Crippen molar-refractivity contribution in [3.05, 3.63) is 78.9 Å². The molecule has 0 spiro atoms. The second-order valence-corrected chi connectivity index (χ2v) is 14.6. The molecule has 0 amide bonds. The molecule has 0 heterocycles. The van der Waals surface area contributed by atoms with E-state index in [0.717, 1.165) is 6.42 Å². The molecule has 1 aliphatic carbocycles. The maximum absolute atomic E-state index is 2.99. The standard InChI is InChI=1S/C13H9.C8H18Si.C5H5.2ClH.Zr/c1-3-7-12-10(5-1)9-11-6-2-4-8-13(11)12;1-3-5-7-9-8-6-4-2;1-2-4-5-3-1;;;/h1-9H;3-8H2,1-2H3;1-3H,4H2;2*1H;/q-1;;-1;;;+2/p-2. The molecule has 0 bridgehead atoms. The molecule has 0 aromatic heterocycles. The smallest absolute Gasteiger partial charge is 0.0771 e. The Bertz CT molecular complexity index is 841. The van der Waals surface area contributed by atoms with Gasteiger partial charge in [-0.3, -0.25) is 6.08 Å². The van der Waals surface area contributed by atoms with Gasteiger partial charge in [-0.1, -0.05) is 36.4 Å². The van der Waals surface area contributed by atoms with E-state index >= 15 is 0 Å². The van der Waals surface area contributed by atoms with Crippen molar-refractivity contribution in [3.63, 3.8) is 0 Å². The van der Waals surface area contributed by atoms with Gasteiger partial charge in [-0.15, -0.1) is 46.2 Å². The Hall–Kier alpha value is -0.530. The van der Waals surface area contributed by atoms with Crippen molar-refractivity contribution in [1.29, 1.82) is 0 Å². The van der Waals surface area contributed by atoms with Gasteiger partial charge in [0, 0.05) is 0 Å². The molecule has 0 saturated heterocycles. The van der Waals surface area contributed by atoms with Gasteiger partial charge in [0.05, 0.1) is 0 Å². The minimum atomic E-state index is 0.